The van der Waals surface area contributed by atoms with Crippen molar-refractivity contribution in [3.05, 3.63) is 0 Å². The molecule has 4 amide bonds. The number of carbonyl (C=O) groups excluding carboxylic acids is 3. The number of hydrogen-bond acceptors (Lipinski definition) is 4. The molecule has 2 aliphatic heterocycles. The number of imide groups is 1. The van der Waals surface area contributed by atoms with Gasteiger partial charge in [0.2, 0.25) is 5.91 Å². The molecule has 136 valence electrons. The molecule has 1 unspecified atom stereocenters. The zero-order chi connectivity index (χ0) is 16.6. The molecule has 1 saturated carbocycles. The van der Waals surface area contributed by atoms with Crippen LogP contribution in [0.4, 0.5) is 4.79 Å². The number of hydrogen-bond donors (Lipinski definition) is 2. The number of halogens is 1. The maximum Gasteiger partial charge on any atom is 0.325 e. The van der Waals surface area contributed by atoms with Gasteiger partial charge >= 0.3 is 6.03 Å². The first-order chi connectivity index (χ1) is 11.0. The van der Waals surface area contributed by atoms with Gasteiger partial charge in [0, 0.05) is 13.1 Å². The predicted octanol–water partition coefficient (Wildman–Crippen LogP) is 0.859. The monoisotopic (exact) mass is 358 g/mol. The molecule has 3 N–H and O–H groups in total. The summed E-state index contributed by atoms with van der Waals surface area (Å²) in [5.41, 5.74) is 4.93. The van der Waals surface area contributed by atoms with Crippen molar-refractivity contribution in [2.24, 2.45) is 11.7 Å². The summed E-state index contributed by atoms with van der Waals surface area (Å²) in [4.78, 5) is 40.6. The largest absolute Gasteiger partial charge is 0.341 e. The number of nitrogens with one attached hydrogen (secondary N) is 1. The Kier molecular flexibility index (Phi) is 5.75. The molecule has 2 saturated heterocycles. The van der Waals surface area contributed by atoms with E-state index in [0.717, 1.165) is 30.6 Å². The Balaban J connectivity index is 0.00000208. The van der Waals surface area contributed by atoms with Gasteiger partial charge in [0.15, 0.2) is 0 Å². The summed E-state index contributed by atoms with van der Waals surface area (Å²) >= 11 is 0. The first-order valence-corrected chi connectivity index (χ1v) is 8.63. The summed E-state index contributed by atoms with van der Waals surface area (Å²) in [7, 11) is 0. The van der Waals surface area contributed by atoms with E-state index in [2.05, 4.69) is 5.32 Å². The molecule has 1 atom stereocenters. The third-order valence-corrected chi connectivity index (χ3v) is 5.65. The van der Waals surface area contributed by atoms with Crippen molar-refractivity contribution in [1.29, 1.82) is 0 Å². The van der Waals surface area contributed by atoms with Gasteiger partial charge in [-0.3, -0.25) is 9.59 Å². The van der Waals surface area contributed by atoms with E-state index in [9.17, 15) is 14.4 Å². The minimum atomic E-state index is -0.752. The molecular formula is C16H27ClN4O3. The average Bonchev–Trinajstić information content (AvgIpc) is 3.12. The fourth-order valence-electron chi connectivity index (χ4n) is 4.07. The minimum Gasteiger partial charge on any atom is -0.341 e. The van der Waals surface area contributed by atoms with Crippen molar-refractivity contribution < 1.29 is 14.4 Å². The lowest BCUT2D eigenvalue weighted by atomic mass is 9.96. The van der Waals surface area contributed by atoms with Gasteiger partial charge in [-0.1, -0.05) is 12.8 Å². The third-order valence-electron chi connectivity index (χ3n) is 5.65. The Morgan fingerprint density at radius 2 is 1.88 bits per heavy atom. The van der Waals surface area contributed by atoms with E-state index in [0.29, 0.717) is 38.4 Å². The van der Waals surface area contributed by atoms with E-state index >= 15 is 0 Å². The SMILES string of the molecule is CC(C(=O)N1CCC(CN)CC1)N1C(=O)NC2(CCCC2)C1=O.Cl. The van der Waals surface area contributed by atoms with Crippen LogP contribution in [0.5, 0.6) is 0 Å². The van der Waals surface area contributed by atoms with E-state index < -0.39 is 17.6 Å². The lowest BCUT2D eigenvalue weighted by Crippen LogP contribution is -2.52. The van der Waals surface area contributed by atoms with Crippen molar-refractivity contribution in [2.75, 3.05) is 19.6 Å². The summed E-state index contributed by atoms with van der Waals surface area (Å²) in [6.45, 7) is 3.61. The number of amides is 4. The molecule has 0 bridgehead atoms. The van der Waals surface area contributed by atoms with Gasteiger partial charge in [0.25, 0.3) is 5.91 Å². The lowest BCUT2D eigenvalue weighted by Gasteiger charge is -2.34. The van der Waals surface area contributed by atoms with Crippen LogP contribution in [0.2, 0.25) is 0 Å². The maximum atomic E-state index is 12.7. The van der Waals surface area contributed by atoms with Gasteiger partial charge in [-0.05, 0) is 45.1 Å². The van der Waals surface area contributed by atoms with Crippen LogP contribution < -0.4 is 11.1 Å². The molecule has 8 heteroatoms. The normalized spacial score (nSPS) is 24.9. The number of likely N-dealkylation sites (tertiary alicyclic amines) is 1. The second kappa shape index (κ2) is 7.27. The lowest BCUT2D eigenvalue weighted by molar-refractivity contribution is -0.143. The first kappa shape index (κ1) is 19.0. The van der Waals surface area contributed by atoms with E-state index in [4.69, 9.17) is 5.73 Å². The van der Waals surface area contributed by atoms with Gasteiger partial charge in [0.05, 0.1) is 0 Å². The number of rotatable bonds is 3. The highest BCUT2D eigenvalue weighted by atomic mass is 35.5. The first-order valence-electron chi connectivity index (χ1n) is 8.63. The molecule has 3 rings (SSSR count). The van der Waals surface area contributed by atoms with Gasteiger partial charge in [-0.15, -0.1) is 12.4 Å². The third kappa shape index (κ3) is 3.11. The van der Waals surface area contributed by atoms with Crippen molar-refractivity contribution in [1.82, 2.24) is 15.1 Å². The zero-order valence-electron chi connectivity index (χ0n) is 14.1. The highest BCUT2D eigenvalue weighted by Gasteiger charge is 2.54. The molecule has 0 aromatic heterocycles. The van der Waals surface area contributed by atoms with Crippen LogP contribution in [0.25, 0.3) is 0 Å². The van der Waals surface area contributed by atoms with Gasteiger partial charge in [-0.2, -0.15) is 0 Å². The number of piperidine rings is 1. The second-order valence-corrected chi connectivity index (χ2v) is 7.07. The van der Waals surface area contributed by atoms with Crippen LogP contribution in [0.15, 0.2) is 0 Å². The van der Waals surface area contributed by atoms with Crippen LogP contribution in [0, 0.1) is 5.92 Å². The summed E-state index contributed by atoms with van der Waals surface area (Å²) in [5.74, 6) is 0.101. The molecular weight excluding hydrogens is 332 g/mol. The fraction of sp³-hybridized carbons (Fsp3) is 0.812. The van der Waals surface area contributed by atoms with Crippen molar-refractivity contribution in [2.45, 2.75) is 57.0 Å². The molecule has 0 aromatic rings. The second-order valence-electron chi connectivity index (χ2n) is 7.07. The maximum absolute atomic E-state index is 12.7. The summed E-state index contributed by atoms with van der Waals surface area (Å²) in [6, 6.07) is -1.16. The topological polar surface area (TPSA) is 95.7 Å². The van der Waals surface area contributed by atoms with Crippen molar-refractivity contribution in [3.8, 4) is 0 Å². The molecule has 3 aliphatic rings. The molecule has 1 spiro atoms. The summed E-state index contributed by atoms with van der Waals surface area (Å²) in [6.07, 6.45) is 5.01. The fourth-order valence-corrected chi connectivity index (χ4v) is 4.07. The Morgan fingerprint density at radius 1 is 1.29 bits per heavy atom. The van der Waals surface area contributed by atoms with Crippen LogP contribution in [-0.4, -0.2) is 58.9 Å². The molecule has 7 nitrogen and oxygen atoms in total. The predicted molar refractivity (Wildman–Crippen MR) is 91.6 cm³/mol. The van der Waals surface area contributed by atoms with Crippen LogP contribution >= 0.6 is 12.4 Å². The van der Waals surface area contributed by atoms with E-state index in [-0.39, 0.29) is 24.2 Å². The smallest absolute Gasteiger partial charge is 0.325 e. The molecule has 1 aliphatic carbocycles. The van der Waals surface area contributed by atoms with Gasteiger partial charge in [0.1, 0.15) is 11.6 Å². The molecule has 3 fully saturated rings. The van der Waals surface area contributed by atoms with Gasteiger partial charge in [-0.25, -0.2) is 9.69 Å². The van der Waals surface area contributed by atoms with Gasteiger partial charge < -0.3 is 16.0 Å². The quantitative estimate of drug-likeness (QED) is 0.731. The minimum absolute atomic E-state index is 0. The van der Waals surface area contributed by atoms with E-state index in [1.54, 1.807) is 11.8 Å². The number of nitrogens with two attached hydrogens (primary N) is 1. The standard InChI is InChI=1S/C16H26N4O3.ClH/c1-11(13(21)19-8-4-12(10-17)5-9-19)20-14(22)16(18-15(20)23)6-2-3-7-16;/h11-12H,2-10,17H2,1H3,(H,18,23);1H. The number of nitrogens with zero attached hydrogens (tertiary/aromatic N) is 2. The van der Waals surface area contributed by atoms with E-state index in [1.807, 2.05) is 0 Å². The van der Waals surface area contributed by atoms with E-state index in [1.165, 1.54) is 0 Å². The summed E-state index contributed by atoms with van der Waals surface area (Å²) < 4.78 is 0. The molecule has 24 heavy (non-hydrogen) atoms. The Labute approximate surface area is 148 Å². The van der Waals surface area contributed by atoms with Crippen molar-refractivity contribution in [3.63, 3.8) is 0 Å². The average molecular weight is 359 g/mol. The van der Waals surface area contributed by atoms with Crippen LogP contribution in [0.3, 0.4) is 0 Å². The Bertz CT molecular complexity index is 513. The molecule has 0 radical (unpaired) electrons. The Morgan fingerprint density at radius 3 is 2.42 bits per heavy atom. The highest BCUT2D eigenvalue weighted by Crippen LogP contribution is 2.36. The number of carbonyl (C=O) groups is 3. The van der Waals surface area contributed by atoms with Crippen molar-refractivity contribution >= 4 is 30.3 Å². The molecule has 0 aromatic carbocycles. The summed E-state index contributed by atoms with van der Waals surface area (Å²) in [5, 5.41) is 2.83. The number of urea groups is 1. The zero-order valence-corrected chi connectivity index (χ0v) is 14.9. The van der Waals surface area contributed by atoms with Crippen LogP contribution in [-0.2, 0) is 9.59 Å². The molecule has 2 heterocycles. The highest BCUT2D eigenvalue weighted by molar-refractivity contribution is 6.09. The Hall–Kier alpha value is -1.34. The van der Waals surface area contributed by atoms with Crippen LogP contribution in [0.1, 0.15) is 45.4 Å².